The van der Waals surface area contributed by atoms with Gasteiger partial charge in [0.15, 0.2) is 0 Å². The Bertz CT molecular complexity index is 582. The molecule has 2 fully saturated rings. The van der Waals surface area contributed by atoms with Crippen LogP contribution in [0.4, 0.5) is 0 Å². The molecule has 3 rings (SSSR count). The Balaban J connectivity index is 0.00000208. The van der Waals surface area contributed by atoms with E-state index < -0.39 is 6.04 Å². The second-order valence-corrected chi connectivity index (χ2v) is 6.95. The zero-order chi connectivity index (χ0) is 16.4. The molecule has 1 aromatic carbocycles. The molecule has 7 heteroatoms. The van der Waals surface area contributed by atoms with Gasteiger partial charge in [-0.2, -0.15) is 0 Å². The third kappa shape index (κ3) is 4.62. The summed E-state index contributed by atoms with van der Waals surface area (Å²) >= 11 is 5.81. The van der Waals surface area contributed by atoms with E-state index in [9.17, 15) is 9.59 Å². The molecule has 5 nitrogen and oxygen atoms in total. The van der Waals surface area contributed by atoms with E-state index in [1.54, 1.807) is 31.2 Å². The van der Waals surface area contributed by atoms with E-state index in [0.717, 1.165) is 12.8 Å². The summed E-state index contributed by atoms with van der Waals surface area (Å²) < 4.78 is 0. The Labute approximate surface area is 153 Å². The molecule has 2 saturated heterocycles. The Morgan fingerprint density at radius 1 is 1.17 bits per heavy atom. The summed E-state index contributed by atoms with van der Waals surface area (Å²) in [6, 6.07) is 7.30. The van der Waals surface area contributed by atoms with Gasteiger partial charge in [0.1, 0.15) is 6.04 Å². The number of amides is 2. The van der Waals surface area contributed by atoms with Gasteiger partial charge in [-0.15, -0.1) is 12.4 Å². The van der Waals surface area contributed by atoms with Gasteiger partial charge < -0.3 is 16.0 Å². The third-order valence-corrected chi connectivity index (χ3v) is 4.92. The molecule has 1 aromatic rings. The van der Waals surface area contributed by atoms with Gasteiger partial charge in [-0.3, -0.25) is 9.59 Å². The molecule has 3 atom stereocenters. The summed E-state index contributed by atoms with van der Waals surface area (Å²) in [7, 11) is 0. The van der Waals surface area contributed by atoms with Gasteiger partial charge in [0.25, 0.3) is 5.91 Å². The number of halogens is 2. The van der Waals surface area contributed by atoms with Gasteiger partial charge >= 0.3 is 0 Å². The van der Waals surface area contributed by atoms with E-state index in [1.807, 2.05) is 0 Å². The Hall–Kier alpha value is -1.30. The second kappa shape index (κ2) is 8.19. The van der Waals surface area contributed by atoms with Crippen molar-refractivity contribution in [1.29, 1.82) is 0 Å². The van der Waals surface area contributed by atoms with Crippen molar-refractivity contribution in [1.82, 2.24) is 16.0 Å². The van der Waals surface area contributed by atoms with Crippen LogP contribution in [0.5, 0.6) is 0 Å². The van der Waals surface area contributed by atoms with Crippen LogP contribution in [0.15, 0.2) is 24.3 Å². The number of carbonyl (C=O) groups excluding carboxylic acids is 2. The van der Waals surface area contributed by atoms with Gasteiger partial charge in [0, 0.05) is 28.7 Å². The van der Waals surface area contributed by atoms with Crippen LogP contribution in [-0.2, 0) is 4.79 Å². The van der Waals surface area contributed by atoms with Gasteiger partial charge in [-0.05, 0) is 56.9 Å². The van der Waals surface area contributed by atoms with Crippen molar-refractivity contribution < 1.29 is 9.59 Å². The largest absolute Gasteiger partial charge is 0.351 e. The van der Waals surface area contributed by atoms with Gasteiger partial charge in [0.2, 0.25) is 5.91 Å². The first kappa shape index (κ1) is 19.0. The van der Waals surface area contributed by atoms with Crippen molar-refractivity contribution in [2.24, 2.45) is 0 Å². The van der Waals surface area contributed by atoms with Crippen LogP contribution in [0.2, 0.25) is 5.02 Å². The van der Waals surface area contributed by atoms with Crippen LogP contribution in [0.1, 0.15) is 43.0 Å². The summed E-state index contributed by atoms with van der Waals surface area (Å²) in [5.74, 6) is -0.395. The van der Waals surface area contributed by atoms with E-state index in [1.165, 1.54) is 12.8 Å². The first-order valence-electron chi connectivity index (χ1n) is 8.14. The van der Waals surface area contributed by atoms with Crippen LogP contribution in [0.3, 0.4) is 0 Å². The quantitative estimate of drug-likeness (QED) is 0.760. The van der Waals surface area contributed by atoms with E-state index >= 15 is 0 Å². The highest BCUT2D eigenvalue weighted by Gasteiger charge is 2.34. The minimum atomic E-state index is -0.564. The van der Waals surface area contributed by atoms with Gasteiger partial charge in [-0.25, -0.2) is 0 Å². The predicted octanol–water partition coefficient (Wildman–Crippen LogP) is 2.28. The van der Waals surface area contributed by atoms with Crippen LogP contribution in [0, 0.1) is 0 Å². The summed E-state index contributed by atoms with van der Waals surface area (Å²) in [5, 5.41) is 9.93. The van der Waals surface area contributed by atoms with Crippen molar-refractivity contribution in [2.45, 2.75) is 56.8 Å². The smallest absolute Gasteiger partial charge is 0.251 e. The van der Waals surface area contributed by atoms with Crippen LogP contribution < -0.4 is 16.0 Å². The lowest BCUT2D eigenvalue weighted by atomic mass is 9.99. The zero-order valence-electron chi connectivity index (χ0n) is 13.5. The average molecular weight is 372 g/mol. The molecule has 0 saturated carbocycles. The van der Waals surface area contributed by atoms with Crippen LogP contribution in [-0.4, -0.2) is 36.0 Å². The number of hydrogen-bond acceptors (Lipinski definition) is 3. The van der Waals surface area contributed by atoms with E-state index in [0.29, 0.717) is 22.7 Å². The minimum absolute atomic E-state index is 0. The minimum Gasteiger partial charge on any atom is -0.351 e. The lowest BCUT2D eigenvalue weighted by Crippen LogP contribution is -2.52. The molecular formula is C17H23Cl2N3O2. The first-order chi connectivity index (χ1) is 11.0. The van der Waals surface area contributed by atoms with Crippen molar-refractivity contribution >= 4 is 35.8 Å². The maximum absolute atomic E-state index is 12.3. The molecule has 132 valence electrons. The molecular weight excluding hydrogens is 349 g/mol. The number of carbonyl (C=O) groups is 2. The monoisotopic (exact) mass is 371 g/mol. The fraction of sp³-hybridized carbons (Fsp3) is 0.529. The molecule has 0 aliphatic carbocycles. The third-order valence-electron chi connectivity index (χ3n) is 4.67. The SMILES string of the molecule is CC(NC(=O)c1ccc(Cl)cc1)C(=O)NC1CC2CCC(C1)N2.Cl. The Morgan fingerprint density at radius 3 is 2.33 bits per heavy atom. The summed E-state index contributed by atoms with van der Waals surface area (Å²) in [5.41, 5.74) is 0.494. The topological polar surface area (TPSA) is 70.2 Å². The van der Waals surface area contributed by atoms with Crippen LogP contribution >= 0.6 is 24.0 Å². The average Bonchev–Trinajstić information content (AvgIpc) is 2.86. The van der Waals surface area contributed by atoms with Crippen molar-refractivity contribution in [3.63, 3.8) is 0 Å². The number of rotatable bonds is 4. The number of benzene rings is 1. The standard InChI is InChI=1S/C17H22ClN3O2.ClH/c1-10(19-17(23)11-2-4-12(18)5-3-11)16(22)21-15-8-13-6-7-14(9-15)20-13;/h2-5,10,13-15,20H,6-9H2,1H3,(H,19,23)(H,21,22);1H. The summed E-state index contributed by atoms with van der Waals surface area (Å²) in [4.78, 5) is 24.4. The summed E-state index contributed by atoms with van der Waals surface area (Å²) in [6.45, 7) is 1.71. The number of fused-ring (bicyclic) bond motifs is 2. The number of nitrogens with one attached hydrogen (secondary N) is 3. The number of hydrogen-bond donors (Lipinski definition) is 3. The van der Waals surface area contributed by atoms with Crippen molar-refractivity contribution in [3.05, 3.63) is 34.9 Å². The molecule has 3 N–H and O–H groups in total. The molecule has 2 amide bonds. The molecule has 0 aromatic heterocycles. The van der Waals surface area contributed by atoms with Gasteiger partial charge in [-0.1, -0.05) is 11.6 Å². The molecule has 2 heterocycles. The highest BCUT2D eigenvalue weighted by molar-refractivity contribution is 6.30. The Morgan fingerprint density at radius 2 is 1.75 bits per heavy atom. The lowest BCUT2D eigenvalue weighted by molar-refractivity contribution is -0.123. The molecule has 2 aliphatic rings. The molecule has 2 bridgehead atoms. The maximum atomic E-state index is 12.3. The van der Waals surface area contributed by atoms with Gasteiger partial charge in [0.05, 0.1) is 0 Å². The van der Waals surface area contributed by atoms with E-state index in [4.69, 9.17) is 11.6 Å². The molecule has 2 aliphatic heterocycles. The molecule has 0 spiro atoms. The summed E-state index contributed by atoms with van der Waals surface area (Å²) in [6.07, 6.45) is 4.33. The second-order valence-electron chi connectivity index (χ2n) is 6.52. The van der Waals surface area contributed by atoms with E-state index in [2.05, 4.69) is 16.0 Å². The normalized spacial score (nSPS) is 26.2. The van der Waals surface area contributed by atoms with Crippen LogP contribution in [0.25, 0.3) is 0 Å². The Kier molecular flexibility index (Phi) is 6.49. The zero-order valence-corrected chi connectivity index (χ0v) is 15.1. The highest BCUT2D eigenvalue weighted by atomic mass is 35.5. The fourth-order valence-corrected chi connectivity index (χ4v) is 3.57. The molecule has 0 radical (unpaired) electrons. The van der Waals surface area contributed by atoms with E-state index in [-0.39, 0.29) is 30.3 Å². The molecule has 24 heavy (non-hydrogen) atoms. The fourth-order valence-electron chi connectivity index (χ4n) is 3.45. The predicted molar refractivity (Wildman–Crippen MR) is 96.7 cm³/mol. The van der Waals surface area contributed by atoms with Crippen molar-refractivity contribution in [2.75, 3.05) is 0 Å². The maximum Gasteiger partial charge on any atom is 0.251 e. The lowest BCUT2D eigenvalue weighted by Gasteiger charge is -2.30. The number of piperidine rings is 1. The highest BCUT2D eigenvalue weighted by Crippen LogP contribution is 2.26. The molecule has 3 unspecified atom stereocenters. The first-order valence-corrected chi connectivity index (χ1v) is 8.52. The van der Waals surface area contributed by atoms with Crippen molar-refractivity contribution in [3.8, 4) is 0 Å².